The molecular weight excluding hydrogens is 432 g/mol. The molecule has 2 atom stereocenters. The van der Waals surface area contributed by atoms with Crippen LogP contribution < -0.4 is 23.7 Å². The van der Waals surface area contributed by atoms with Gasteiger partial charge in [0.15, 0.2) is 23.0 Å². The molecule has 0 aliphatic carbocycles. The summed E-state index contributed by atoms with van der Waals surface area (Å²) in [4.78, 5) is 0. The van der Waals surface area contributed by atoms with Gasteiger partial charge < -0.3 is 23.7 Å². The first-order chi connectivity index (χ1) is 16.7. The molecule has 0 spiro atoms. The van der Waals surface area contributed by atoms with Gasteiger partial charge in [-0.1, -0.05) is 12.1 Å². The molecule has 3 aromatic carbocycles. The third-order valence-electron chi connectivity index (χ3n) is 6.19. The Labute approximate surface area is 199 Å². The van der Waals surface area contributed by atoms with E-state index in [0.29, 0.717) is 23.9 Å². The lowest BCUT2D eigenvalue weighted by molar-refractivity contribution is -0.0210. The zero-order valence-corrected chi connectivity index (χ0v) is 19.8. The summed E-state index contributed by atoms with van der Waals surface area (Å²) >= 11 is 0. The van der Waals surface area contributed by atoms with Crippen LogP contribution in [0.4, 0.5) is 0 Å². The summed E-state index contributed by atoms with van der Waals surface area (Å²) in [6.45, 7) is 2.62. The highest BCUT2D eigenvalue weighted by Gasteiger charge is 2.42. The number of hydrogen-bond donors (Lipinski definition) is 0. The Morgan fingerprint density at radius 3 is 2.38 bits per heavy atom. The summed E-state index contributed by atoms with van der Waals surface area (Å²) in [6, 6.07) is 19.9. The third kappa shape index (κ3) is 3.77. The van der Waals surface area contributed by atoms with Gasteiger partial charge in [-0.25, -0.2) is 5.01 Å². The summed E-state index contributed by atoms with van der Waals surface area (Å²) < 4.78 is 28.7. The zero-order valence-electron chi connectivity index (χ0n) is 19.8. The standard InChI is InChI=1S/C27H28N2O5/c1-5-33-19-12-9-17(10-13-19)21-16-22-20-7-6-8-24(31-3)26(20)34-27(29(22)28-21)18-11-14-23(30-2)25(15-18)32-4/h6-15,22,27H,5,16H2,1-4H3/t22-,27+/m1/s1. The Morgan fingerprint density at radius 1 is 0.912 bits per heavy atom. The highest BCUT2D eigenvalue weighted by Crippen LogP contribution is 2.51. The summed E-state index contributed by atoms with van der Waals surface area (Å²) in [5.41, 5.74) is 4.03. The molecule has 0 fully saturated rings. The van der Waals surface area contributed by atoms with Gasteiger partial charge in [-0.15, -0.1) is 0 Å². The monoisotopic (exact) mass is 460 g/mol. The number of ether oxygens (including phenoxy) is 5. The lowest BCUT2D eigenvalue weighted by Crippen LogP contribution is -2.33. The smallest absolute Gasteiger partial charge is 0.214 e. The maximum Gasteiger partial charge on any atom is 0.214 e. The number of rotatable bonds is 7. The lowest BCUT2D eigenvalue weighted by Gasteiger charge is -2.38. The van der Waals surface area contributed by atoms with E-state index in [9.17, 15) is 0 Å². The zero-order chi connectivity index (χ0) is 23.7. The van der Waals surface area contributed by atoms with Crippen LogP contribution in [-0.2, 0) is 0 Å². The van der Waals surface area contributed by atoms with Gasteiger partial charge in [-0.3, -0.25) is 0 Å². The normalized spacial score (nSPS) is 18.4. The largest absolute Gasteiger partial charge is 0.494 e. The van der Waals surface area contributed by atoms with Gasteiger partial charge in [-0.2, -0.15) is 5.10 Å². The van der Waals surface area contributed by atoms with Gasteiger partial charge >= 0.3 is 0 Å². The molecule has 0 N–H and O–H groups in total. The predicted molar refractivity (Wildman–Crippen MR) is 129 cm³/mol. The van der Waals surface area contributed by atoms with Gasteiger partial charge in [-0.05, 0) is 61.0 Å². The van der Waals surface area contributed by atoms with Crippen molar-refractivity contribution in [1.82, 2.24) is 5.01 Å². The predicted octanol–water partition coefficient (Wildman–Crippen LogP) is 5.35. The van der Waals surface area contributed by atoms with Crippen LogP contribution in [0.25, 0.3) is 0 Å². The van der Waals surface area contributed by atoms with Gasteiger partial charge in [0.25, 0.3) is 0 Å². The molecule has 0 saturated heterocycles. The Balaban J connectivity index is 1.57. The van der Waals surface area contributed by atoms with Crippen molar-refractivity contribution in [3.05, 3.63) is 77.4 Å². The second-order valence-electron chi connectivity index (χ2n) is 8.07. The summed E-state index contributed by atoms with van der Waals surface area (Å²) in [6.07, 6.45) is 0.301. The molecule has 0 amide bonds. The van der Waals surface area contributed by atoms with E-state index in [1.807, 2.05) is 54.4 Å². The second-order valence-corrected chi connectivity index (χ2v) is 8.07. The van der Waals surface area contributed by atoms with E-state index >= 15 is 0 Å². The molecule has 176 valence electrons. The van der Waals surface area contributed by atoms with Crippen LogP contribution in [0.1, 0.15) is 42.3 Å². The topological polar surface area (TPSA) is 61.8 Å². The Morgan fingerprint density at radius 2 is 1.68 bits per heavy atom. The minimum absolute atomic E-state index is 0.0125. The molecule has 2 heterocycles. The van der Waals surface area contributed by atoms with Crippen molar-refractivity contribution >= 4 is 5.71 Å². The molecule has 34 heavy (non-hydrogen) atoms. The Kier molecular flexibility index (Phi) is 5.92. The minimum Gasteiger partial charge on any atom is -0.494 e. The second kappa shape index (κ2) is 9.17. The van der Waals surface area contributed by atoms with Crippen LogP contribution in [0.15, 0.2) is 65.8 Å². The summed E-state index contributed by atoms with van der Waals surface area (Å²) in [5, 5.41) is 7.07. The fourth-order valence-corrected chi connectivity index (χ4v) is 4.56. The number of fused-ring (bicyclic) bond motifs is 3. The summed E-state index contributed by atoms with van der Waals surface area (Å²) in [5.74, 6) is 3.60. The van der Waals surface area contributed by atoms with Gasteiger partial charge in [0.2, 0.25) is 6.23 Å². The molecule has 0 radical (unpaired) electrons. The van der Waals surface area contributed by atoms with Crippen LogP contribution >= 0.6 is 0 Å². The minimum atomic E-state index is -0.450. The number of para-hydroxylation sites is 1. The van der Waals surface area contributed by atoms with Crippen molar-refractivity contribution < 1.29 is 23.7 Å². The maximum absolute atomic E-state index is 6.54. The van der Waals surface area contributed by atoms with E-state index in [0.717, 1.165) is 40.3 Å². The number of benzene rings is 3. The van der Waals surface area contributed by atoms with Crippen molar-refractivity contribution in [3.63, 3.8) is 0 Å². The number of methoxy groups -OCH3 is 3. The van der Waals surface area contributed by atoms with Crippen LogP contribution in [-0.4, -0.2) is 38.7 Å². The average molecular weight is 461 g/mol. The van der Waals surface area contributed by atoms with Crippen molar-refractivity contribution in [3.8, 4) is 28.7 Å². The number of nitrogens with zero attached hydrogens (tertiary/aromatic N) is 2. The maximum atomic E-state index is 6.54. The fraction of sp³-hybridized carbons (Fsp3) is 0.296. The van der Waals surface area contributed by atoms with Crippen LogP contribution in [0.5, 0.6) is 28.7 Å². The quantitative estimate of drug-likeness (QED) is 0.474. The molecule has 0 bridgehead atoms. The van der Waals surface area contributed by atoms with Gasteiger partial charge in [0.1, 0.15) is 5.75 Å². The molecule has 0 unspecified atom stereocenters. The molecule has 0 aromatic heterocycles. The van der Waals surface area contributed by atoms with E-state index in [1.54, 1.807) is 21.3 Å². The molecule has 7 nitrogen and oxygen atoms in total. The number of hydrogen-bond acceptors (Lipinski definition) is 7. The van der Waals surface area contributed by atoms with Gasteiger partial charge in [0, 0.05) is 17.5 Å². The van der Waals surface area contributed by atoms with E-state index in [2.05, 4.69) is 18.2 Å². The van der Waals surface area contributed by atoms with Crippen LogP contribution in [0.2, 0.25) is 0 Å². The van der Waals surface area contributed by atoms with E-state index in [1.165, 1.54) is 0 Å². The molecule has 0 saturated carbocycles. The first-order valence-corrected chi connectivity index (χ1v) is 11.3. The highest BCUT2D eigenvalue weighted by molar-refractivity contribution is 6.02. The van der Waals surface area contributed by atoms with E-state index < -0.39 is 6.23 Å². The summed E-state index contributed by atoms with van der Waals surface area (Å²) in [7, 11) is 4.91. The van der Waals surface area contributed by atoms with Crippen molar-refractivity contribution in [2.75, 3.05) is 27.9 Å². The highest BCUT2D eigenvalue weighted by atomic mass is 16.5. The van der Waals surface area contributed by atoms with E-state index in [-0.39, 0.29) is 6.04 Å². The van der Waals surface area contributed by atoms with Crippen molar-refractivity contribution in [1.29, 1.82) is 0 Å². The Hall–Kier alpha value is -3.87. The molecule has 7 heteroatoms. The molecule has 2 aliphatic heterocycles. The third-order valence-corrected chi connectivity index (χ3v) is 6.19. The average Bonchev–Trinajstić information content (AvgIpc) is 3.34. The van der Waals surface area contributed by atoms with Crippen molar-refractivity contribution in [2.24, 2.45) is 5.10 Å². The van der Waals surface area contributed by atoms with E-state index in [4.69, 9.17) is 28.8 Å². The van der Waals surface area contributed by atoms with Crippen molar-refractivity contribution in [2.45, 2.75) is 25.6 Å². The fourth-order valence-electron chi connectivity index (χ4n) is 4.56. The lowest BCUT2D eigenvalue weighted by atomic mass is 9.95. The first kappa shape index (κ1) is 21.9. The number of hydrazone groups is 1. The SMILES string of the molecule is CCOc1ccc(C2=NN3[C@H](C2)c2cccc(OC)c2O[C@H]3c2ccc(OC)c(OC)c2)cc1. The molecule has 2 aliphatic rings. The van der Waals surface area contributed by atoms with Gasteiger partial charge in [0.05, 0.1) is 39.7 Å². The molecule has 3 aromatic rings. The Bertz CT molecular complexity index is 1210. The van der Waals surface area contributed by atoms with Crippen LogP contribution in [0.3, 0.4) is 0 Å². The first-order valence-electron chi connectivity index (χ1n) is 11.3. The molecule has 5 rings (SSSR count). The molecular formula is C27H28N2O5. The van der Waals surface area contributed by atoms with Crippen LogP contribution in [0, 0.1) is 0 Å².